The van der Waals surface area contributed by atoms with Crippen molar-refractivity contribution in [3.8, 4) is 0 Å². The zero-order chi connectivity index (χ0) is 9.42. The Morgan fingerprint density at radius 1 is 1.15 bits per heavy atom. The van der Waals surface area contributed by atoms with Crippen molar-refractivity contribution in [3.63, 3.8) is 0 Å². The van der Waals surface area contributed by atoms with Gasteiger partial charge in [-0.25, -0.2) is 0 Å². The van der Waals surface area contributed by atoms with Gasteiger partial charge in [-0.15, -0.1) is 11.8 Å². The molecule has 13 heavy (non-hydrogen) atoms. The number of H-pyrrole nitrogens is 1. The van der Waals surface area contributed by atoms with Crippen LogP contribution in [0.5, 0.6) is 0 Å². The van der Waals surface area contributed by atoms with Crippen molar-refractivity contribution in [2.24, 2.45) is 0 Å². The van der Waals surface area contributed by atoms with Crippen LogP contribution in [0.4, 0.5) is 0 Å². The normalized spacial score (nSPS) is 11.0. The van der Waals surface area contributed by atoms with Crippen molar-refractivity contribution in [1.82, 2.24) is 4.98 Å². The molecule has 1 N–H and O–H groups in total. The Kier molecular flexibility index (Phi) is 2.08. The average molecular weight is 191 g/mol. The van der Waals surface area contributed by atoms with E-state index in [1.807, 2.05) is 0 Å². The van der Waals surface area contributed by atoms with Crippen LogP contribution in [0, 0.1) is 13.8 Å². The predicted molar refractivity (Wildman–Crippen MR) is 59.6 cm³/mol. The summed E-state index contributed by atoms with van der Waals surface area (Å²) in [5, 5.41) is 1.34. The molecule has 0 saturated heterocycles. The molecule has 0 atom stereocenters. The Labute approximate surface area is 82.5 Å². The summed E-state index contributed by atoms with van der Waals surface area (Å²) in [5.74, 6) is 0. The fourth-order valence-electron chi connectivity index (χ4n) is 1.53. The maximum Gasteiger partial charge on any atom is 0.0468 e. The molecular weight excluding hydrogens is 178 g/mol. The molecule has 0 fully saturated rings. The Morgan fingerprint density at radius 3 is 2.54 bits per heavy atom. The summed E-state index contributed by atoms with van der Waals surface area (Å²) in [5.41, 5.74) is 3.96. The van der Waals surface area contributed by atoms with Gasteiger partial charge in [0.15, 0.2) is 0 Å². The first-order valence-corrected chi connectivity index (χ1v) is 5.57. The van der Waals surface area contributed by atoms with Crippen molar-refractivity contribution >= 4 is 22.7 Å². The molecule has 0 bridgehead atoms. The maximum atomic E-state index is 3.29. The summed E-state index contributed by atoms with van der Waals surface area (Å²) in [6.45, 7) is 4.31. The maximum absolute atomic E-state index is 3.29. The number of aromatic amines is 1. The van der Waals surface area contributed by atoms with Crippen LogP contribution < -0.4 is 0 Å². The number of hydrogen-bond donors (Lipinski definition) is 1. The lowest BCUT2D eigenvalue weighted by Gasteiger charge is -2.00. The molecule has 2 aromatic rings. The molecule has 1 heterocycles. The number of aryl methyl sites for hydroxylation is 2. The molecular formula is C11H13NS. The minimum atomic E-state index is 1.24. The van der Waals surface area contributed by atoms with Crippen molar-refractivity contribution < 1.29 is 0 Å². The van der Waals surface area contributed by atoms with Gasteiger partial charge in [-0.2, -0.15) is 0 Å². The molecule has 0 aliphatic rings. The van der Waals surface area contributed by atoms with E-state index in [0.717, 1.165) is 0 Å². The van der Waals surface area contributed by atoms with Gasteiger partial charge in [0.2, 0.25) is 0 Å². The predicted octanol–water partition coefficient (Wildman–Crippen LogP) is 3.51. The number of aromatic nitrogens is 1. The van der Waals surface area contributed by atoms with Crippen LogP contribution in [0.1, 0.15) is 11.1 Å². The standard InChI is InChI=1S/C11H13NS/c1-7-4-9-10(5-8(7)2)12-6-11(9)13-3/h4-6,12H,1-3H3. The zero-order valence-corrected chi connectivity index (χ0v) is 8.96. The second-order valence-electron chi connectivity index (χ2n) is 3.34. The first-order valence-electron chi connectivity index (χ1n) is 4.34. The molecule has 2 rings (SSSR count). The number of rotatable bonds is 1. The van der Waals surface area contributed by atoms with Crippen LogP contribution in [0.15, 0.2) is 23.2 Å². The van der Waals surface area contributed by atoms with Gasteiger partial charge in [0, 0.05) is 22.0 Å². The van der Waals surface area contributed by atoms with E-state index in [2.05, 4.69) is 43.4 Å². The van der Waals surface area contributed by atoms with Crippen LogP contribution >= 0.6 is 11.8 Å². The highest BCUT2D eigenvalue weighted by Gasteiger charge is 2.03. The van der Waals surface area contributed by atoms with Gasteiger partial charge >= 0.3 is 0 Å². The fourth-order valence-corrected chi connectivity index (χ4v) is 2.09. The van der Waals surface area contributed by atoms with Gasteiger partial charge in [0.05, 0.1) is 0 Å². The molecule has 0 unspecified atom stereocenters. The van der Waals surface area contributed by atoms with Crippen LogP contribution in [0.25, 0.3) is 10.9 Å². The third-order valence-corrected chi connectivity index (χ3v) is 3.26. The summed E-state index contributed by atoms with van der Waals surface area (Å²) in [4.78, 5) is 4.62. The summed E-state index contributed by atoms with van der Waals surface area (Å²) in [6, 6.07) is 4.47. The minimum Gasteiger partial charge on any atom is -0.360 e. The molecule has 0 spiro atoms. The Morgan fingerprint density at radius 2 is 1.85 bits per heavy atom. The molecule has 68 valence electrons. The largest absolute Gasteiger partial charge is 0.360 e. The molecule has 1 nitrogen and oxygen atoms in total. The zero-order valence-electron chi connectivity index (χ0n) is 8.14. The molecule has 0 aliphatic heterocycles. The summed E-state index contributed by atoms with van der Waals surface area (Å²) in [6.07, 6.45) is 4.19. The number of fused-ring (bicyclic) bond motifs is 1. The van der Waals surface area contributed by atoms with Gasteiger partial charge in [0.25, 0.3) is 0 Å². The summed E-state index contributed by atoms with van der Waals surface area (Å²) >= 11 is 1.79. The van der Waals surface area contributed by atoms with Gasteiger partial charge < -0.3 is 4.98 Å². The van der Waals surface area contributed by atoms with E-state index in [-0.39, 0.29) is 0 Å². The number of thioether (sulfide) groups is 1. The fraction of sp³-hybridized carbons (Fsp3) is 0.273. The molecule has 0 saturated carbocycles. The van der Waals surface area contributed by atoms with E-state index in [0.29, 0.717) is 0 Å². The molecule has 0 radical (unpaired) electrons. The lowest BCUT2D eigenvalue weighted by Crippen LogP contribution is -1.80. The third kappa shape index (κ3) is 1.35. The van der Waals surface area contributed by atoms with Gasteiger partial charge in [-0.1, -0.05) is 0 Å². The highest BCUT2D eigenvalue weighted by atomic mass is 32.2. The lowest BCUT2D eigenvalue weighted by molar-refractivity contribution is 1.35. The minimum absolute atomic E-state index is 1.24. The summed E-state index contributed by atoms with van der Waals surface area (Å²) in [7, 11) is 0. The van der Waals surface area contributed by atoms with Gasteiger partial charge in [-0.3, -0.25) is 0 Å². The van der Waals surface area contributed by atoms with E-state index in [9.17, 15) is 0 Å². The second kappa shape index (κ2) is 3.11. The number of benzene rings is 1. The molecule has 2 heteroatoms. The summed E-state index contributed by atoms with van der Waals surface area (Å²) < 4.78 is 0. The smallest absolute Gasteiger partial charge is 0.0468 e. The van der Waals surface area contributed by atoms with E-state index < -0.39 is 0 Å². The van der Waals surface area contributed by atoms with E-state index in [1.54, 1.807) is 11.8 Å². The van der Waals surface area contributed by atoms with Crippen LogP contribution in [0.3, 0.4) is 0 Å². The molecule has 1 aromatic heterocycles. The van der Waals surface area contributed by atoms with Gasteiger partial charge in [0.1, 0.15) is 0 Å². The van der Waals surface area contributed by atoms with E-state index in [1.165, 1.54) is 26.9 Å². The Hall–Kier alpha value is -0.890. The number of hydrogen-bond acceptors (Lipinski definition) is 1. The van der Waals surface area contributed by atoms with Crippen molar-refractivity contribution in [3.05, 3.63) is 29.5 Å². The lowest BCUT2D eigenvalue weighted by atomic mass is 10.1. The van der Waals surface area contributed by atoms with Crippen LogP contribution in [-0.4, -0.2) is 11.2 Å². The first kappa shape index (κ1) is 8.70. The van der Waals surface area contributed by atoms with Gasteiger partial charge in [-0.05, 0) is 43.4 Å². The monoisotopic (exact) mass is 191 g/mol. The van der Waals surface area contributed by atoms with Crippen molar-refractivity contribution in [1.29, 1.82) is 0 Å². The van der Waals surface area contributed by atoms with Crippen molar-refractivity contribution in [2.45, 2.75) is 18.7 Å². The van der Waals surface area contributed by atoms with Crippen LogP contribution in [0.2, 0.25) is 0 Å². The highest BCUT2D eigenvalue weighted by Crippen LogP contribution is 2.27. The molecule has 0 amide bonds. The highest BCUT2D eigenvalue weighted by molar-refractivity contribution is 7.98. The number of nitrogens with one attached hydrogen (secondary N) is 1. The van der Waals surface area contributed by atoms with Crippen LogP contribution in [-0.2, 0) is 0 Å². The first-order chi connectivity index (χ1) is 6.22. The van der Waals surface area contributed by atoms with Crippen molar-refractivity contribution in [2.75, 3.05) is 6.26 Å². The second-order valence-corrected chi connectivity index (χ2v) is 4.19. The topological polar surface area (TPSA) is 15.8 Å². The molecule has 0 aliphatic carbocycles. The van der Waals surface area contributed by atoms with E-state index >= 15 is 0 Å². The quantitative estimate of drug-likeness (QED) is 0.682. The Balaban J connectivity index is 2.77. The average Bonchev–Trinajstić information content (AvgIpc) is 2.48. The van der Waals surface area contributed by atoms with E-state index in [4.69, 9.17) is 0 Å². The molecule has 1 aromatic carbocycles. The Bertz CT molecular complexity index is 443. The third-order valence-electron chi connectivity index (χ3n) is 2.48. The SMILES string of the molecule is CSc1c[nH]c2cc(C)c(C)cc12.